The van der Waals surface area contributed by atoms with Crippen LogP contribution >= 0.6 is 0 Å². The lowest BCUT2D eigenvalue weighted by Crippen LogP contribution is -2.01. The topological polar surface area (TPSA) is 130 Å². The van der Waals surface area contributed by atoms with Crippen molar-refractivity contribution in [2.45, 2.75) is 6.42 Å². The van der Waals surface area contributed by atoms with Crippen molar-refractivity contribution in [1.29, 1.82) is 0 Å². The zero-order valence-corrected chi connectivity index (χ0v) is 18.3. The van der Waals surface area contributed by atoms with E-state index < -0.39 is 0 Å². The van der Waals surface area contributed by atoms with E-state index in [2.05, 4.69) is 6.07 Å². The molecule has 0 aromatic heterocycles. The average molecular weight is 439 g/mol. The number of ketones is 1. The van der Waals surface area contributed by atoms with Gasteiger partial charge in [-0.05, 0) is 101 Å². The number of methoxy groups -OCH3 is 1. The Balaban J connectivity index is 0.000000157. The maximum Gasteiger partial charge on any atom is 0.193 e. The lowest BCUT2D eigenvalue weighted by Gasteiger charge is -2.08. The predicted molar refractivity (Wildman–Crippen MR) is 135 cm³/mol. The van der Waals surface area contributed by atoms with Gasteiger partial charge in [0, 0.05) is 28.2 Å². The summed E-state index contributed by atoms with van der Waals surface area (Å²) in [5.41, 5.74) is 31.8. The lowest BCUT2D eigenvalue weighted by atomic mass is 10.0. The number of rotatable bonds is 3. The molecule has 5 rings (SSSR count). The molecule has 0 saturated heterocycles. The molecule has 0 spiro atoms. The van der Waals surface area contributed by atoms with Crippen LogP contribution in [0.5, 0.6) is 5.75 Å². The van der Waals surface area contributed by atoms with Crippen molar-refractivity contribution in [3.05, 3.63) is 101 Å². The number of hydrogen-bond acceptors (Lipinski definition) is 6. The summed E-state index contributed by atoms with van der Waals surface area (Å²) in [6.45, 7) is 0. The van der Waals surface area contributed by atoms with Crippen LogP contribution in [0, 0.1) is 0 Å². The Kier molecular flexibility index (Phi) is 5.91. The van der Waals surface area contributed by atoms with Gasteiger partial charge in [0.05, 0.1) is 12.8 Å². The summed E-state index contributed by atoms with van der Waals surface area (Å²) in [5.74, 6) is 0.713. The largest absolute Gasteiger partial charge is 0.495 e. The van der Waals surface area contributed by atoms with Crippen molar-refractivity contribution < 1.29 is 9.53 Å². The van der Waals surface area contributed by atoms with Crippen molar-refractivity contribution in [2.75, 3.05) is 30.0 Å². The van der Waals surface area contributed by atoms with E-state index in [1.807, 2.05) is 24.3 Å². The summed E-state index contributed by atoms with van der Waals surface area (Å²) in [6.07, 6.45) is 0.895. The maximum absolute atomic E-state index is 12.0. The Morgan fingerprint density at radius 3 is 1.73 bits per heavy atom. The van der Waals surface area contributed by atoms with Gasteiger partial charge in [0.1, 0.15) is 5.75 Å². The highest BCUT2D eigenvalue weighted by Crippen LogP contribution is 2.41. The van der Waals surface area contributed by atoms with Crippen LogP contribution in [0.1, 0.15) is 27.0 Å². The molecule has 6 heteroatoms. The smallest absolute Gasteiger partial charge is 0.193 e. The molecule has 0 bridgehead atoms. The van der Waals surface area contributed by atoms with E-state index >= 15 is 0 Å². The Morgan fingerprint density at radius 1 is 0.667 bits per heavy atom. The van der Waals surface area contributed by atoms with Crippen LogP contribution in [0.4, 0.5) is 22.7 Å². The Bertz CT molecular complexity index is 1270. The van der Waals surface area contributed by atoms with Crippen molar-refractivity contribution in [3.8, 4) is 16.9 Å². The molecule has 0 radical (unpaired) electrons. The fourth-order valence-electron chi connectivity index (χ4n) is 3.88. The van der Waals surface area contributed by atoms with Crippen LogP contribution < -0.4 is 27.7 Å². The van der Waals surface area contributed by atoms with E-state index in [1.165, 1.54) is 22.3 Å². The van der Waals surface area contributed by atoms with Crippen LogP contribution in [0.2, 0.25) is 0 Å². The van der Waals surface area contributed by atoms with E-state index in [0.717, 1.165) is 17.9 Å². The van der Waals surface area contributed by atoms with E-state index in [-0.39, 0.29) is 5.78 Å². The molecule has 0 fully saturated rings. The second-order valence-corrected chi connectivity index (χ2v) is 7.92. The normalized spacial score (nSPS) is 11.1. The first-order valence-electron chi connectivity index (χ1n) is 10.5. The van der Waals surface area contributed by atoms with E-state index in [4.69, 9.17) is 27.7 Å². The first-order valence-corrected chi connectivity index (χ1v) is 10.5. The molecule has 0 amide bonds. The monoisotopic (exact) mass is 438 g/mol. The summed E-state index contributed by atoms with van der Waals surface area (Å²) in [5, 5.41) is 0. The standard InChI is InChI=1S/C14H14N2O.C13H12N2O/c1-17-14-6-9-4-8-5-10(15)2-3-11(8)12(9)7-13(14)16;14-11-5-1-9(2-6-11)13(16)10-3-7-12(15)8-4-10/h2-3,5-7H,4,15-16H2,1H3;1-8H,14-15H2. The van der Waals surface area contributed by atoms with Crippen LogP contribution in [-0.4, -0.2) is 12.9 Å². The summed E-state index contributed by atoms with van der Waals surface area (Å²) in [4.78, 5) is 12.0. The molecule has 1 aliphatic carbocycles. The highest BCUT2D eigenvalue weighted by atomic mass is 16.5. The minimum atomic E-state index is -0.0278. The van der Waals surface area contributed by atoms with Gasteiger partial charge in [-0.2, -0.15) is 0 Å². The third-order valence-corrected chi connectivity index (χ3v) is 5.60. The lowest BCUT2D eigenvalue weighted by molar-refractivity contribution is 0.103. The fraction of sp³-hybridized carbons (Fsp3) is 0.0741. The van der Waals surface area contributed by atoms with E-state index in [9.17, 15) is 4.79 Å². The molecular formula is C27H26N4O2. The second-order valence-electron chi connectivity index (χ2n) is 7.92. The van der Waals surface area contributed by atoms with Crippen molar-refractivity contribution >= 4 is 28.5 Å². The molecule has 0 saturated carbocycles. The van der Waals surface area contributed by atoms with Crippen molar-refractivity contribution in [3.63, 3.8) is 0 Å². The van der Waals surface area contributed by atoms with Gasteiger partial charge in [-0.3, -0.25) is 4.79 Å². The van der Waals surface area contributed by atoms with Gasteiger partial charge in [-0.15, -0.1) is 0 Å². The maximum atomic E-state index is 12.0. The van der Waals surface area contributed by atoms with Gasteiger partial charge >= 0.3 is 0 Å². The zero-order valence-electron chi connectivity index (χ0n) is 18.3. The highest BCUT2D eigenvalue weighted by molar-refractivity contribution is 6.09. The summed E-state index contributed by atoms with van der Waals surface area (Å²) in [6, 6.07) is 23.7. The molecule has 1 aliphatic rings. The number of benzene rings is 4. The van der Waals surface area contributed by atoms with E-state index in [1.54, 1.807) is 55.6 Å². The Hall–Kier alpha value is -4.45. The zero-order chi connectivity index (χ0) is 23.5. The number of anilines is 4. The summed E-state index contributed by atoms with van der Waals surface area (Å²) in [7, 11) is 1.64. The second kappa shape index (κ2) is 8.96. The van der Waals surface area contributed by atoms with Gasteiger partial charge in [0.15, 0.2) is 5.78 Å². The average Bonchev–Trinajstić information content (AvgIpc) is 3.15. The highest BCUT2D eigenvalue weighted by Gasteiger charge is 2.20. The van der Waals surface area contributed by atoms with Gasteiger partial charge in [0.25, 0.3) is 0 Å². The fourth-order valence-corrected chi connectivity index (χ4v) is 3.88. The first kappa shape index (κ1) is 21.8. The molecule has 33 heavy (non-hydrogen) atoms. The minimum Gasteiger partial charge on any atom is -0.495 e. The number of nitrogen functional groups attached to an aromatic ring is 4. The number of ether oxygens (including phenoxy) is 1. The predicted octanol–water partition coefficient (Wildman–Crippen LogP) is 4.51. The van der Waals surface area contributed by atoms with Crippen LogP contribution in [0.3, 0.4) is 0 Å². The van der Waals surface area contributed by atoms with E-state index in [0.29, 0.717) is 28.2 Å². The molecular weight excluding hydrogens is 412 g/mol. The number of nitrogens with two attached hydrogens (primary N) is 4. The van der Waals surface area contributed by atoms with Gasteiger partial charge in [-0.25, -0.2) is 0 Å². The molecule has 8 N–H and O–H groups in total. The van der Waals surface area contributed by atoms with Gasteiger partial charge < -0.3 is 27.7 Å². The van der Waals surface area contributed by atoms with Crippen molar-refractivity contribution in [1.82, 2.24) is 0 Å². The molecule has 0 unspecified atom stereocenters. The third kappa shape index (κ3) is 4.60. The molecule has 166 valence electrons. The van der Waals surface area contributed by atoms with Crippen LogP contribution in [0.15, 0.2) is 78.9 Å². The molecule has 6 nitrogen and oxygen atoms in total. The number of carbonyl (C=O) groups excluding carboxylic acids is 1. The summed E-state index contributed by atoms with van der Waals surface area (Å²) >= 11 is 0. The van der Waals surface area contributed by atoms with Crippen LogP contribution in [-0.2, 0) is 6.42 Å². The molecule has 0 aliphatic heterocycles. The summed E-state index contributed by atoms with van der Waals surface area (Å²) < 4.78 is 5.24. The molecule has 0 heterocycles. The van der Waals surface area contributed by atoms with Crippen LogP contribution in [0.25, 0.3) is 11.1 Å². The minimum absolute atomic E-state index is 0.0278. The Labute approximate surface area is 192 Å². The first-order chi connectivity index (χ1) is 15.9. The van der Waals surface area contributed by atoms with Crippen molar-refractivity contribution in [2.24, 2.45) is 0 Å². The molecule has 4 aromatic carbocycles. The molecule has 0 atom stereocenters. The number of hydrogen-bond donors (Lipinski definition) is 4. The molecule has 4 aromatic rings. The van der Waals surface area contributed by atoms with Gasteiger partial charge in [0.2, 0.25) is 0 Å². The number of carbonyl (C=O) groups is 1. The number of fused-ring (bicyclic) bond motifs is 3. The third-order valence-electron chi connectivity index (χ3n) is 5.60. The quantitative estimate of drug-likeness (QED) is 0.242. The van der Waals surface area contributed by atoms with Gasteiger partial charge in [-0.1, -0.05) is 6.07 Å². The Morgan fingerprint density at radius 2 is 1.18 bits per heavy atom. The SMILES string of the molecule is COc1cc2c(cc1N)-c1ccc(N)cc1C2.Nc1ccc(C(=O)c2ccc(N)cc2)cc1.